The van der Waals surface area contributed by atoms with Gasteiger partial charge in [-0.3, -0.25) is 4.79 Å². The second kappa shape index (κ2) is 10.2. The molecule has 0 radical (unpaired) electrons. The third-order valence-electron chi connectivity index (χ3n) is 4.02. The number of amides is 1. The van der Waals surface area contributed by atoms with E-state index in [4.69, 9.17) is 16.3 Å². The molecule has 0 saturated carbocycles. The van der Waals surface area contributed by atoms with Gasteiger partial charge in [0.25, 0.3) is 5.91 Å². The maximum Gasteiger partial charge on any atom is 0.251 e. The van der Waals surface area contributed by atoms with Crippen LogP contribution < -0.4 is 15.4 Å². The molecule has 3 rings (SSSR count). The van der Waals surface area contributed by atoms with Crippen molar-refractivity contribution in [3.8, 4) is 5.75 Å². The third kappa shape index (κ3) is 6.06. The fourth-order valence-corrected chi connectivity index (χ4v) is 2.86. The molecule has 0 unspecified atom stereocenters. The summed E-state index contributed by atoms with van der Waals surface area (Å²) in [6, 6.07) is 14.8. The average molecular weight is 393 g/mol. The lowest BCUT2D eigenvalue weighted by atomic mass is 10.1. The Morgan fingerprint density at radius 3 is 2.81 bits per heavy atom. The third-order valence-corrected chi connectivity index (χ3v) is 4.26. The van der Waals surface area contributed by atoms with Crippen molar-refractivity contribution in [2.75, 3.05) is 19.6 Å². The minimum absolute atomic E-state index is 0. The predicted molar refractivity (Wildman–Crippen MR) is 107 cm³/mol. The maximum absolute atomic E-state index is 12.3. The molecule has 0 aliphatic carbocycles. The van der Waals surface area contributed by atoms with Crippen molar-refractivity contribution in [1.82, 2.24) is 10.6 Å². The van der Waals surface area contributed by atoms with Crippen LogP contribution in [-0.4, -0.2) is 25.5 Å². The van der Waals surface area contributed by atoms with Crippen molar-refractivity contribution in [1.29, 1.82) is 0 Å². The Morgan fingerprint density at radius 1 is 1.19 bits per heavy atom. The summed E-state index contributed by atoms with van der Waals surface area (Å²) < 4.78 is 5.77. The molecule has 2 aromatic carbocycles. The SMILES string of the molecule is Cl.O=C(NCC1=CCNCC1)c1cccc(OCc2cccc(Cl)c2)c1. The Balaban J connectivity index is 0.00000243. The Bertz CT molecular complexity index is 778. The van der Waals surface area contributed by atoms with E-state index < -0.39 is 0 Å². The summed E-state index contributed by atoms with van der Waals surface area (Å²) in [6.07, 6.45) is 3.11. The van der Waals surface area contributed by atoms with Crippen LogP contribution in [0.25, 0.3) is 0 Å². The summed E-state index contributed by atoms with van der Waals surface area (Å²) >= 11 is 5.98. The highest BCUT2D eigenvalue weighted by Gasteiger charge is 2.09. The molecule has 6 heteroatoms. The van der Waals surface area contributed by atoms with Crippen molar-refractivity contribution >= 4 is 29.9 Å². The van der Waals surface area contributed by atoms with Crippen LogP contribution in [0.4, 0.5) is 0 Å². The first kappa shape index (κ1) is 20.3. The van der Waals surface area contributed by atoms with Gasteiger partial charge in [0, 0.05) is 23.7 Å². The van der Waals surface area contributed by atoms with E-state index in [0.717, 1.165) is 25.1 Å². The van der Waals surface area contributed by atoms with E-state index in [1.165, 1.54) is 5.57 Å². The lowest BCUT2D eigenvalue weighted by Gasteiger charge is -2.15. The minimum Gasteiger partial charge on any atom is -0.489 e. The topological polar surface area (TPSA) is 50.4 Å². The molecule has 2 aromatic rings. The van der Waals surface area contributed by atoms with Gasteiger partial charge in [0.15, 0.2) is 0 Å². The lowest BCUT2D eigenvalue weighted by Crippen LogP contribution is -2.29. The van der Waals surface area contributed by atoms with Crippen LogP contribution in [0.3, 0.4) is 0 Å². The van der Waals surface area contributed by atoms with Gasteiger partial charge < -0.3 is 15.4 Å². The normalized spacial score (nSPS) is 13.3. The molecule has 26 heavy (non-hydrogen) atoms. The molecule has 4 nitrogen and oxygen atoms in total. The molecule has 0 fully saturated rings. The van der Waals surface area contributed by atoms with Crippen LogP contribution in [0.5, 0.6) is 5.75 Å². The van der Waals surface area contributed by atoms with E-state index in [0.29, 0.717) is 29.5 Å². The first-order valence-electron chi connectivity index (χ1n) is 8.35. The summed E-state index contributed by atoms with van der Waals surface area (Å²) in [5.41, 5.74) is 2.85. The van der Waals surface area contributed by atoms with Crippen molar-refractivity contribution in [2.45, 2.75) is 13.0 Å². The van der Waals surface area contributed by atoms with Gasteiger partial charge in [0.2, 0.25) is 0 Å². The van der Waals surface area contributed by atoms with E-state index in [-0.39, 0.29) is 18.3 Å². The van der Waals surface area contributed by atoms with Crippen molar-refractivity contribution < 1.29 is 9.53 Å². The number of nitrogens with one attached hydrogen (secondary N) is 2. The molecule has 1 heterocycles. The Kier molecular flexibility index (Phi) is 7.98. The number of carbonyl (C=O) groups excluding carboxylic acids is 1. The highest BCUT2D eigenvalue weighted by Crippen LogP contribution is 2.17. The smallest absolute Gasteiger partial charge is 0.251 e. The van der Waals surface area contributed by atoms with Gasteiger partial charge in [-0.25, -0.2) is 0 Å². The molecule has 1 aliphatic rings. The zero-order chi connectivity index (χ0) is 17.5. The van der Waals surface area contributed by atoms with Gasteiger partial charge >= 0.3 is 0 Å². The van der Waals surface area contributed by atoms with Crippen molar-refractivity contribution in [3.63, 3.8) is 0 Å². The van der Waals surface area contributed by atoms with Gasteiger partial charge in [0.05, 0.1) is 0 Å². The fourth-order valence-electron chi connectivity index (χ4n) is 2.65. The summed E-state index contributed by atoms with van der Waals surface area (Å²) in [5.74, 6) is 0.571. The summed E-state index contributed by atoms with van der Waals surface area (Å²) in [7, 11) is 0. The van der Waals surface area contributed by atoms with E-state index in [2.05, 4.69) is 16.7 Å². The fraction of sp³-hybridized carbons (Fsp3) is 0.250. The molecule has 0 saturated heterocycles. The first-order valence-corrected chi connectivity index (χ1v) is 8.72. The van der Waals surface area contributed by atoms with Crippen LogP contribution in [0.15, 0.2) is 60.2 Å². The van der Waals surface area contributed by atoms with Crippen LogP contribution >= 0.6 is 24.0 Å². The molecule has 0 atom stereocenters. The molecule has 138 valence electrons. The quantitative estimate of drug-likeness (QED) is 0.730. The van der Waals surface area contributed by atoms with Gasteiger partial charge in [-0.1, -0.05) is 41.4 Å². The van der Waals surface area contributed by atoms with Crippen LogP contribution in [0, 0.1) is 0 Å². The maximum atomic E-state index is 12.3. The van der Waals surface area contributed by atoms with E-state index in [9.17, 15) is 4.79 Å². The zero-order valence-electron chi connectivity index (χ0n) is 14.3. The van der Waals surface area contributed by atoms with Gasteiger partial charge in [-0.05, 0) is 48.9 Å². The molecule has 1 aliphatic heterocycles. The Morgan fingerprint density at radius 2 is 2.04 bits per heavy atom. The number of hydrogen-bond acceptors (Lipinski definition) is 3. The number of hydrogen-bond donors (Lipinski definition) is 2. The second-order valence-corrected chi connectivity index (χ2v) is 6.38. The molecule has 0 spiro atoms. The summed E-state index contributed by atoms with van der Waals surface area (Å²) in [4.78, 5) is 12.3. The zero-order valence-corrected chi connectivity index (χ0v) is 15.9. The Labute approximate surface area is 165 Å². The van der Waals surface area contributed by atoms with E-state index in [1.54, 1.807) is 12.1 Å². The summed E-state index contributed by atoms with van der Waals surface area (Å²) in [6.45, 7) is 2.84. The highest BCUT2D eigenvalue weighted by atomic mass is 35.5. The molecular formula is C20H22Cl2N2O2. The predicted octanol–water partition coefficient (Wildman–Crippen LogP) is 3.99. The largest absolute Gasteiger partial charge is 0.489 e. The van der Waals surface area contributed by atoms with Crippen molar-refractivity contribution in [2.24, 2.45) is 0 Å². The van der Waals surface area contributed by atoms with E-state index in [1.807, 2.05) is 36.4 Å². The second-order valence-electron chi connectivity index (χ2n) is 5.95. The van der Waals surface area contributed by atoms with Crippen LogP contribution in [-0.2, 0) is 6.61 Å². The number of halogens is 2. The van der Waals surface area contributed by atoms with Crippen molar-refractivity contribution in [3.05, 3.63) is 76.3 Å². The molecule has 2 N–H and O–H groups in total. The number of benzene rings is 2. The number of ether oxygens (including phenoxy) is 1. The molecule has 1 amide bonds. The van der Waals surface area contributed by atoms with E-state index >= 15 is 0 Å². The molecule has 0 bridgehead atoms. The Hall–Kier alpha value is -2.01. The first-order chi connectivity index (χ1) is 12.2. The molecular weight excluding hydrogens is 371 g/mol. The lowest BCUT2D eigenvalue weighted by molar-refractivity contribution is 0.0956. The minimum atomic E-state index is -0.0901. The monoisotopic (exact) mass is 392 g/mol. The van der Waals surface area contributed by atoms with Crippen LogP contribution in [0.1, 0.15) is 22.3 Å². The van der Waals surface area contributed by atoms with Gasteiger partial charge in [-0.15, -0.1) is 12.4 Å². The van der Waals surface area contributed by atoms with Crippen LogP contribution in [0.2, 0.25) is 5.02 Å². The number of carbonyl (C=O) groups is 1. The van der Waals surface area contributed by atoms with Gasteiger partial charge in [-0.2, -0.15) is 0 Å². The number of rotatable bonds is 6. The van der Waals surface area contributed by atoms with Gasteiger partial charge in [0.1, 0.15) is 12.4 Å². The summed E-state index contributed by atoms with van der Waals surface area (Å²) in [5, 5.41) is 6.91. The average Bonchev–Trinajstić information content (AvgIpc) is 2.65. The highest BCUT2D eigenvalue weighted by molar-refractivity contribution is 6.30. The molecule has 0 aromatic heterocycles. The standard InChI is InChI=1S/C20H21ClN2O2.ClH/c21-18-5-1-3-16(11-18)14-25-19-6-2-4-17(12-19)20(24)23-13-15-7-9-22-10-8-15;/h1-7,11-12,22H,8-10,13-14H2,(H,23,24);1H.